The average Bonchev–Trinajstić information content (AvgIpc) is 1.58. The smallest absolute Gasteiger partial charge is 0.0562 e. The van der Waals surface area contributed by atoms with E-state index >= 15 is 0 Å². The van der Waals surface area contributed by atoms with Crippen molar-refractivity contribution in [3.8, 4) is 11.4 Å². The normalized spacial score (nSPS) is 11.3. The fourth-order valence-corrected chi connectivity index (χ4v) is 15.1. The molecule has 2 heterocycles. The Morgan fingerprint density at radius 3 is 0.873 bits per heavy atom. The second-order valence-electron chi connectivity index (χ2n) is 25.7. The van der Waals surface area contributed by atoms with Crippen LogP contribution in [0.4, 0.5) is 68.2 Å². The first kappa shape index (κ1) is 60.7. The average molecular weight is 1310 g/mol. The lowest BCUT2D eigenvalue weighted by Gasteiger charge is -2.27. The molecule has 102 heavy (non-hydrogen) atoms. The van der Waals surface area contributed by atoms with Gasteiger partial charge in [0.1, 0.15) is 0 Å². The van der Waals surface area contributed by atoms with Crippen LogP contribution in [0.1, 0.15) is 0 Å². The molecule has 0 unspecified atom stereocenters. The number of para-hydroxylation sites is 7. The number of aromatic nitrogens is 2. The van der Waals surface area contributed by atoms with Crippen LogP contribution >= 0.6 is 0 Å². The van der Waals surface area contributed by atoms with E-state index in [1.54, 1.807) is 0 Å². The van der Waals surface area contributed by atoms with Crippen LogP contribution in [-0.2, 0) is 0 Å². The fourth-order valence-electron chi connectivity index (χ4n) is 15.1. The maximum absolute atomic E-state index is 2.45. The van der Waals surface area contributed by atoms with Gasteiger partial charge in [-0.15, -0.1) is 0 Å². The van der Waals surface area contributed by atoms with Crippen molar-refractivity contribution in [1.82, 2.24) is 9.13 Å². The number of hydrogen-bond acceptors (Lipinski definition) is 4. The highest BCUT2D eigenvalue weighted by Gasteiger charge is 2.24. The summed E-state index contributed by atoms with van der Waals surface area (Å²) in [6, 6.07) is 148. The van der Waals surface area contributed by atoms with Crippen LogP contribution in [0.25, 0.3) is 87.3 Å². The first-order chi connectivity index (χ1) is 50.6. The topological polar surface area (TPSA) is 22.8 Å². The predicted molar refractivity (Wildman–Crippen MR) is 433 cm³/mol. The van der Waals surface area contributed by atoms with Gasteiger partial charge in [-0.25, -0.2) is 0 Å². The molecule has 19 aromatic rings. The molecule has 0 aliphatic carbocycles. The van der Waals surface area contributed by atoms with E-state index in [1.165, 1.54) is 59.4 Å². The molecule has 0 saturated heterocycles. The van der Waals surface area contributed by atoms with Gasteiger partial charge in [-0.2, -0.15) is 0 Å². The molecule has 0 N–H and O–H groups in total. The van der Waals surface area contributed by atoms with Crippen LogP contribution in [-0.4, -0.2) is 9.13 Å². The molecule has 0 atom stereocenters. The standard InChI is InChI=1S/C50H35N3.C46H33N3/c1-4-20-38(21-5-1)51(47-28-14-18-36-16-10-12-26-43(36)47)41-30-32-45-46-33-31-42(35-50(46)53(49(45)34-41)40-24-8-3-9-25-40)52(39-22-6-2-7-23-39)48-29-15-19-37-17-11-13-27-44(37)48;1-5-18-35(19-6-1)47(36-20-7-2-8-21-36)39-29-31-45-43(32-39)42-30-28-40(48(37-22-9-3-10-23-37)38-24-11-4-12-25-38)33-46(42)49(45)44-27-15-17-34-16-13-14-26-41(34)44/h1-35H;1-33H. The quantitative estimate of drug-likeness (QED) is 0.108. The van der Waals surface area contributed by atoms with Crippen molar-refractivity contribution in [2.75, 3.05) is 19.6 Å². The van der Waals surface area contributed by atoms with Crippen molar-refractivity contribution in [2.24, 2.45) is 0 Å². The number of anilines is 12. The van der Waals surface area contributed by atoms with Crippen LogP contribution in [0, 0.1) is 0 Å². The number of rotatable bonds is 14. The highest BCUT2D eigenvalue weighted by molar-refractivity contribution is 6.15. The van der Waals surface area contributed by atoms with Gasteiger partial charge in [0.2, 0.25) is 0 Å². The van der Waals surface area contributed by atoms with E-state index in [4.69, 9.17) is 0 Å². The highest BCUT2D eigenvalue weighted by Crippen LogP contribution is 2.47. The highest BCUT2D eigenvalue weighted by atomic mass is 15.2. The summed E-state index contributed by atoms with van der Waals surface area (Å²) < 4.78 is 4.88. The van der Waals surface area contributed by atoms with E-state index in [9.17, 15) is 0 Å². The Morgan fingerprint density at radius 2 is 0.451 bits per heavy atom. The third kappa shape index (κ3) is 11.2. The van der Waals surface area contributed by atoms with Crippen LogP contribution in [0.2, 0.25) is 0 Å². The van der Waals surface area contributed by atoms with E-state index in [0.717, 1.165) is 96.2 Å². The molecule has 0 saturated carbocycles. The largest absolute Gasteiger partial charge is 0.310 e. The Morgan fingerprint density at radius 1 is 0.157 bits per heavy atom. The van der Waals surface area contributed by atoms with E-state index in [1.807, 2.05) is 0 Å². The molecular formula is C96H68N6. The van der Waals surface area contributed by atoms with Crippen molar-refractivity contribution in [1.29, 1.82) is 0 Å². The molecular weight excluding hydrogens is 1240 g/mol. The second-order valence-corrected chi connectivity index (χ2v) is 25.7. The lowest BCUT2D eigenvalue weighted by Crippen LogP contribution is -2.10. The number of hydrogen-bond donors (Lipinski definition) is 0. The van der Waals surface area contributed by atoms with Gasteiger partial charge in [0.15, 0.2) is 0 Å². The van der Waals surface area contributed by atoms with Gasteiger partial charge in [-0.05, 0) is 174 Å². The summed E-state index contributed by atoms with van der Waals surface area (Å²) >= 11 is 0. The van der Waals surface area contributed by atoms with Gasteiger partial charge < -0.3 is 28.7 Å². The van der Waals surface area contributed by atoms with Gasteiger partial charge >= 0.3 is 0 Å². The minimum atomic E-state index is 1.10. The summed E-state index contributed by atoms with van der Waals surface area (Å²) in [6.45, 7) is 0. The van der Waals surface area contributed by atoms with E-state index in [2.05, 4.69) is 441 Å². The number of benzene rings is 17. The van der Waals surface area contributed by atoms with Crippen LogP contribution in [0.3, 0.4) is 0 Å². The van der Waals surface area contributed by atoms with Crippen molar-refractivity contribution in [3.05, 3.63) is 413 Å². The maximum Gasteiger partial charge on any atom is 0.0562 e. The summed E-state index contributed by atoms with van der Waals surface area (Å²) in [7, 11) is 0. The van der Waals surface area contributed by atoms with Crippen molar-refractivity contribution in [3.63, 3.8) is 0 Å². The second kappa shape index (κ2) is 26.6. The molecule has 482 valence electrons. The van der Waals surface area contributed by atoms with Gasteiger partial charge in [0, 0.05) is 100 Å². The SMILES string of the molecule is c1ccc(N(c2ccc3c4ccc(N(c5ccccc5)c5cccc6ccccc56)cc4n(-c4ccccc4)c3c2)c2cccc3ccccc23)cc1.c1ccc(N(c2ccccc2)c2ccc3c(c2)c2ccc(N(c4ccccc4)c4ccccc4)cc2n3-c2cccc3ccccc23)cc1. The van der Waals surface area contributed by atoms with Crippen LogP contribution in [0.5, 0.6) is 0 Å². The lowest BCUT2D eigenvalue weighted by atomic mass is 10.1. The van der Waals surface area contributed by atoms with Crippen LogP contribution < -0.4 is 19.6 Å². The molecule has 2 aromatic heterocycles. The molecule has 0 amide bonds. The Balaban J connectivity index is 0.000000147. The van der Waals surface area contributed by atoms with Crippen molar-refractivity contribution in [2.45, 2.75) is 0 Å². The van der Waals surface area contributed by atoms with E-state index in [0.29, 0.717) is 0 Å². The summed E-state index contributed by atoms with van der Waals surface area (Å²) in [4.78, 5) is 9.44. The number of nitrogens with zero attached hydrogens (tertiary/aromatic N) is 6. The maximum atomic E-state index is 2.45. The zero-order chi connectivity index (χ0) is 67.7. The summed E-state index contributed by atoms with van der Waals surface area (Å²) in [6.07, 6.45) is 0. The zero-order valence-electron chi connectivity index (χ0n) is 55.9. The predicted octanol–water partition coefficient (Wildman–Crippen LogP) is 26.9. The first-order valence-electron chi connectivity index (χ1n) is 34.8. The van der Waals surface area contributed by atoms with E-state index in [-0.39, 0.29) is 0 Å². The Hall–Kier alpha value is -13.7. The summed E-state index contributed by atoms with van der Waals surface area (Å²) in [5.41, 5.74) is 20.3. The fraction of sp³-hybridized carbons (Fsp3) is 0. The monoisotopic (exact) mass is 1300 g/mol. The molecule has 0 bridgehead atoms. The van der Waals surface area contributed by atoms with Crippen molar-refractivity contribution < 1.29 is 0 Å². The third-order valence-corrected chi connectivity index (χ3v) is 19.6. The summed E-state index contributed by atoms with van der Waals surface area (Å²) in [5.74, 6) is 0. The third-order valence-electron chi connectivity index (χ3n) is 19.6. The van der Waals surface area contributed by atoms with Gasteiger partial charge in [-0.1, -0.05) is 255 Å². The molecule has 0 aliphatic heterocycles. The minimum absolute atomic E-state index is 1.10. The van der Waals surface area contributed by atoms with Crippen molar-refractivity contribution >= 4 is 144 Å². The molecule has 19 rings (SSSR count). The molecule has 6 heteroatoms. The summed E-state index contributed by atoms with van der Waals surface area (Å²) in [5, 5.41) is 12.1. The van der Waals surface area contributed by atoms with Gasteiger partial charge in [0.25, 0.3) is 0 Å². The molecule has 0 spiro atoms. The molecule has 0 aliphatic rings. The first-order valence-corrected chi connectivity index (χ1v) is 34.8. The Bertz CT molecular complexity index is 5930. The van der Waals surface area contributed by atoms with E-state index < -0.39 is 0 Å². The molecule has 17 aromatic carbocycles. The zero-order valence-corrected chi connectivity index (χ0v) is 55.9. The number of fused-ring (bicyclic) bond motifs is 9. The molecule has 0 fully saturated rings. The minimum Gasteiger partial charge on any atom is -0.310 e. The Labute approximate surface area is 593 Å². The van der Waals surface area contributed by atoms with Crippen LogP contribution in [0.15, 0.2) is 413 Å². The molecule has 0 radical (unpaired) electrons. The molecule has 6 nitrogen and oxygen atoms in total. The Kier molecular flexibility index (Phi) is 15.8. The van der Waals surface area contributed by atoms with Gasteiger partial charge in [-0.3, -0.25) is 0 Å². The lowest BCUT2D eigenvalue weighted by molar-refractivity contribution is 1.17. The van der Waals surface area contributed by atoms with Gasteiger partial charge in [0.05, 0.1) is 39.1 Å².